The van der Waals surface area contributed by atoms with E-state index in [-0.39, 0.29) is 5.41 Å². The smallest absolute Gasteiger partial charge is 0.248 e. The Kier molecular flexibility index (Phi) is 4.14. The molecule has 1 heterocycles. The van der Waals surface area contributed by atoms with Crippen molar-refractivity contribution in [2.24, 2.45) is 5.73 Å². The molecule has 0 aliphatic heterocycles. The van der Waals surface area contributed by atoms with Crippen LogP contribution in [0.2, 0.25) is 0 Å². The Morgan fingerprint density at radius 1 is 1.25 bits per heavy atom. The zero-order valence-electron chi connectivity index (χ0n) is 12.1. The van der Waals surface area contributed by atoms with Crippen molar-refractivity contribution in [3.05, 3.63) is 51.7 Å². The van der Waals surface area contributed by atoms with Crippen molar-refractivity contribution in [3.8, 4) is 0 Å². The van der Waals surface area contributed by atoms with Gasteiger partial charge in [0.25, 0.3) is 0 Å². The van der Waals surface area contributed by atoms with Gasteiger partial charge in [0.1, 0.15) is 0 Å². The average molecular weight is 288 g/mol. The van der Waals surface area contributed by atoms with Crippen LogP contribution in [0, 0.1) is 0 Å². The standard InChI is InChI=1S/C16H20N2OS/c1-16(2,3)14-8-7-13(20-14)10-18-12-6-4-5-11(9-12)15(17)19/h4-9,18H,10H2,1-3H3,(H2,17,19). The summed E-state index contributed by atoms with van der Waals surface area (Å²) in [6.45, 7) is 7.40. The highest BCUT2D eigenvalue weighted by molar-refractivity contribution is 7.12. The van der Waals surface area contributed by atoms with E-state index in [2.05, 4.69) is 38.2 Å². The number of nitrogens with two attached hydrogens (primary N) is 1. The number of amides is 1. The zero-order valence-corrected chi connectivity index (χ0v) is 12.9. The number of benzene rings is 1. The van der Waals surface area contributed by atoms with E-state index < -0.39 is 5.91 Å². The number of nitrogens with one attached hydrogen (secondary N) is 1. The largest absolute Gasteiger partial charge is 0.380 e. The Hall–Kier alpha value is -1.81. The van der Waals surface area contributed by atoms with E-state index in [0.717, 1.165) is 12.2 Å². The lowest BCUT2D eigenvalue weighted by Gasteiger charge is -2.15. The molecule has 3 nitrogen and oxygen atoms in total. The molecule has 0 atom stereocenters. The van der Waals surface area contributed by atoms with Gasteiger partial charge in [0.2, 0.25) is 5.91 Å². The highest BCUT2D eigenvalue weighted by Gasteiger charge is 2.15. The molecule has 2 aromatic rings. The summed E-state index contributed by atoms with van der Waals surface area (Å²) in [4.78, 5) is 13.8. The first kappa shape index (κ1) is 14.6. The third kappa shape index (κ3) is 3.61. The molecule has 1 aromatic heterocycles. The van der Waals surface area contributed by atoms with Gasteiger partial charge in [-0.05, 0) is 35.7 Å². The summed E-state index contributed by atoms with van der Waals surface area (Å²) in [5, 5.41) is 3.32. The maximum Gasteiger partial charge on any atom is 0.248 e. The van der Waals surface area contributed by atoms with E-state index in [1.165, 1.54) is 9.75 Å². The summed E-state index contributed by atoms with van der Waals surface area (Å²) < 4.78 is 0. The second kappa shape index (κ2) is 5.67. The van der Waals surface area contributed by atoms with E-state index in [4.69, 9.17) is 5.73 Å². The van der Waals surface area contributed by atoms with Gasteiger partial charge in [0.15, 0.2) is 0 Å². The predicted octanol–water partition coefficient (Wildman–Crippen LogP) is 3.76. The highest BCUT2D eigenvalue weighted by atomic mass is 32.1. The first-order valence-corrected chi connectivity index (χ1v) is 7.41. The van der Waals surface area contributed by atoms with Crippen molar-refractivity contribution in [2.45, 2.75) is 32.7 Å². The summed E-state index contributed by atoms with van der Waals surface area (Å²) >= 11 is 1.82. The zero-order chi connectivity index (χ0) is 14.8. The molecular weight excluding hydrogens is 268 g/mol. The number of anilines is 1. The first-order valence-electron chi connectivity index (χ1n) is 6.59. The number of rotatable bonds is 4. The highest BCUT2D eigenvalue weighted by Crippen LogP contribution is 2.29. The van der Waals surface area contributed by atoms with Crippen LogP contribution in [0.1, 0.15) is 40.9 Å². The van der Waals surface area contributed by atoms with Crippen molar-refractivity contribution < 1.29 is 4.79 Å². The summed E-state index contributed by atoms with van der Waals surface area (Å²) in [6.07, 6.45) is 0. The minimum Gasteiger partial charge on any atom is -0.380 e. The number of hydrogen-bond donors (Lipinski definition) is 2. The van der Waals surface area contributed by atoms with Crippen molar-refractivity contribution in [3.63, 3.8) is 0 Å². The molecule has 20 heavy (non-hydrogen) atoms. The van der Waals surface area contributed by atoms with Gasteiger partial charge in [-0.25, -0.2) is 0 Å². The fraction of sp³-hybridized carbons (Fsp3) is 0.312. The maximum absolute atomic E-state index is 11.1. The maximum atomic E-state index is 11.1. The first-order chi connectivity index (χ1) is 9.36. The second-order valence-electron chi connectivity index (χ2n) is 5.81. The van der Waals surface area contributed by atoms with Gasteiger partial charge in [-0.2, -0.15) is 0 Å². The normalized spacial score (nSPS) is 11.3. The van der Waals surface area contributed by atoms with Crippen molar-refractivity contribution >= 4 is 22.9 Å². The fourth-order valence-corrected chi connectivity index (χ4v) is 2.85. The fourth-order valence-electron chi connectivity index (χ4n) is 1.85. The van der Waals surface area contributed by atoms with E-state index in [1.54, 1.807) is 12.1 Å². The minimum atomic E-state index is -0.403. The van der Waals surface area contributed by atoms with E-state index in [9.17, 15) is 4.79 Å². The number of hydrogen-bond acceptors (Lipinski definition) is 3. The van der Waals surface area contributed by atoms with Crippen LogP contribution in [0.4, 0.5) is 5.69 Å². The van der Waals surface area contributed by atoms with Crippen LogP contribution in [-0.4, -0.2) is 5.91 Å². The lowest BCUT2D eigenvalue weighted by Crippen LogP contribution is -2.11. The summed E-state index contributed by atoms with van der Waals surface area (Å²) in [7, 11) is 0. The molecule has 0 unspecified atom stereocenters. The number of thiophene rings is 1. The van der Waals surface area contributed by atoms with Crippen LogP contribution in [0.5, 0.6) is 0 Å². The quantitative estimate of drug-likeness (QED) is 0.900. The molecule has 0 bridgehead atoms. The van der Waals surface area contributed by atoms with Gasteiger partial charge in [-0.3, -0.25) is 4.79 Å². The Balaban J connectivity index is 2.04. The lowest BCUT2D eigenvalue weighted by molar-refractivity contribution is 0.100. The number of primary amides is 1. The van der Waals surface area contributed by atoms with Gasteiger partial charge in [-0.15, -0.1) is 11.3 Å². The van der Waals surface area contributed by atoms with Gasteiger partial charge in [0.05, 0.1) is 0 Å². The Labute approximate surface area is 123 Å². The van der Waals surface area contributed by atoms with Crippen molar-refractivity contribution in [2.75, 3.05) is 5.32 Å². The van der Waals surface area contributed by atoms with Crippen LogP contribution in [0.15, 0.2) is 36.4 Å². The number of carbonyl (C=O) groups excluding carboxylic acids is 1. The molecule has 2 rings (SSSR count). The molecule has 0 fully saturated rings. The summed E-state index contributed by atoms with van der Waals surface area (Å²) in [6, 6.07) is 11.6. The minimum absolute atomic E-state index is 0.189. The van der Waals surface area contributed by atoms with Crippen LogP contribution in [-0.2, 0) is 12.0 Å². The average Bonchev–Trinajstić information content (AvgIpc) is 2.85. The monoisotopic (exact) mass is 288 g/mol. The molecule has 0 aliphatic carbocycles. The van der Waals surface area contributed by atoms with Gasteiger partial charge >= 0.3 is 0 Å². The van der Waals surface area contributed by atoms with Gasteiger partial charge in [-0.1, -0.05) is 26.8 Å². The predicted molar refractivity (Wildman–Crippen MR) is 85.3 cm³/mol. The SMILES string of the molecule is CC(C)(C)c1ccc(CNc2cccc(C(N)=O)c2)s1. The Morgan fingerprint density at radius 2 is 2.00 bits per heavy atom. The van der Waals surface area contributed by atoms with Crippen LogP contribution in [0.3, 0.4) is 0 Å². The van der Waals surface area contributed by atoms with Gasteiger partial charge < -0.3 is 11.1 Å². The molecule has 0 saturated heterocycles. The molecule has 0 spiro atoms. The van der Waals surface area contributed by atoms with E-state index in [1.807, 2.05) is 23.5 Å². The van der Waals surface area contributed by atoms with Crippen LogP contribution < -0.4 is 11.1 Å². The molecular formula is C16H20N2OS. The Morgan fingerprint density at radius 3 is 2.60 bits per heavy atom. The molecule has 1 amide bonds. The molecule has 1 aromatic carbocycles. The Bertz CT molecular complexity index is 611. The van der Waals surface area contributed by atoms with Gasteiger partial charge in [0, 0.05) is 27.5 Å². The van der Waals surface area contributed by atoms with E-state index >= 15 is 0 Å². The molecule has 0 saturated carbocycles. The molecule has 3 N–H and O–H groups in total. The second-order valence-corrected chi connectivity index (χ2v) is 6.98. The number of carbonyl (C=O) groups is 1. The molecule has 106 valence electrons. The molecule has 4 heteroatoms. The third-order valence-corrected chi connectivity index (χ3v) is 4.53. The third-order valence-electron chi connectivity index (χ3n) is 3.01. The van der Waals surface area contributed by atoms with Crippen molar-refractivity contribution in [1.82, 2.24) is 0 Å². The lowest BCUT2D eigenvalue weighted by atomic mass is 9.95. The summed E-state index contributed by atoms with van der Waals surface area (Å²) in [5.74, 6) is -0.403. The molecule has 0 aliphatic rings. The van der Waals surface area contributed by atoms with Crippen LogP contribution >= 0.6 is 11.3 Å². The van der Waals surface area contributed by atoms with Crippen LogP contribution in [0.25, 0.3) is 0 Å². The van der Waals surface area contributed by atoms with Crippen molar-refractivity contribution in [1.29, 1.82) is 0 Å². The topological polar surface area (TPSA) is 55.1 Å². The summed E-state index contributed by atoms with van der Waals surface area (Å²) in [5.41, 5.74) is 6.90. The molecule has 0 radical (unpaired) electrons. The van der Waals surface area contributed by atoms with E-state index in [0.29, 0.717) is 5.56 Å².